The summed E-state index contributed by atoms with van der Waals surface area (Å²) in [4.78, 5) is 25.7. The number of carbonyl (C=O) groups excluding carboxylic acids is 1. The number of urea groups is 1. The van der Waals surface area contributed by atoms with E-state index in [1.807, 2.05) is 35.2 Å². The number of hydrogen-bond donors (Lipinski definition) is 1. The van der Waals surface area contributed by atoms with Crippen molar-refractivity contribution in [1.29, 1.82) is 0 Å². The van der Waals surface area contributed by atoms with Crippen LogP contribution >= 0.6 is 0 Å². The molecule has 0 aliphatic carbocycles. The molecule has 4 rings (SSSR count). The Kier molecular flexibility index (Phi) is 5.17. The third-order valence-electron chi connectivity index (χ3n) is 5.46. The van der Waals surface area contributed by atoms with Gasteiger partial charge >= 0.3 is 6.03 Å². The lowest BCUT2D eigenvalue weighted by atomic mass is 9.72. The summed E-state index contributed by atoms with van der Waals surface area (Å²) in [5.74, 6) is 0.940. The van der Waals surface area contributed by atoms with Crippen LogP contribution in [0.25, 0.3) is 0 Å². The summed E-state index contributed by atoms with van der Waals surface area (Å²) in [6.07, 6.45) is 3.56. The predicted molar refractivity (Wildman–Crippen MR) is 107 cm³/mol. The van der Waals surface area contributed by atoms with E-state index in [1.165, 1.54) is 0 Å². The van der Waals surface area contributed by atoms with Crippen molar-refractivity contribution in [2.24, 2.45) is 5.41 Å². The van der Waals surface area contributed by atoms with Crippen molar-refractivity contribution in [1.82, 2.24) is 20.2 Å². The topological polar surface area (TPSA) is 70.6 Å². The Hall–Kier alpha value is -2.67. The van der Waals surface area contributed by atoms with Gasteiger partial charge in [0.05, 0.1) is 31.5 Å². The van der Waals surface area contributed by atoms with E-state index in [4.69, 9.17) is 9.72 Å². The lowest BCUT2D eigenvalue weighted by Crippen LogP contribution is -2.60. The Balaban J connectivity index is 1.39. The highest BCUT2D eigenvalue weighted by Gasteiger charge is 2.48. The van der Waals surface area contributed by atoms with Gasteiger partial charge in [0.15, 0.2) is 0 Å². The highest BCUT2D eigenvalue weighted by atomic mass is 16.5. The molecule has 2 amide bonds. The van der Waals surface area contributed by atoms with Crippen LogP contribution < -0.4 is 10.2 Å². The zero-order chi connectivity index (χ0) is 19.6. The molecule has 2 aliphatic heterocycles. The van der Waals surface area contributed by atoms with Crippen molar-refractivity contribution in [3.05, 3.63) is 54.0 Å². The number of likely N-dealkylation sites (tertiary alicyclic amines) is 1. The molecule has 28 heavy (non-hydrogen) atoms. The second kappa shape index (κ2) is 7.75. The average Bonchev–Trinajstić information content (AvgIpc) is 2.72. The summed E-state index contributed by atoms with van der Waals surface area (Å²) in [5.41, 5.74) is 2.03. The van der Waals surface area contributed by atoms with Gasteiger partial charge in [-0.05, 0) is 29.8 Å². The third kappa shape index (κ3) is 3.80. The van der Waals surface area contributed by atoms with Crippen LogP contribution in [0.15, 0.2) is 42.7 Å². The third-order valence-corrected chi connectivity index (χ3v) is 5.46. The molecule has 7 heteroatoms. The largest absolute Gasteiger partial charge is 0.378 e. The number of pyridine rings is 2. The summed E-state index contributed by atoms with van der Waals surface area (Å²) in [6.45, 7) is 8.67. The van der Waals surface area contributed by atoms with E-state index >= 15 is 0 Å². The van der Waals surface area contributed by atoms with Crippen molar-refractivity contribution >= 4 is 11.8 Å². The van der Waals surface area contributed by atoms with Crippen LogP contribution in [0.2, 0.25) is 0 Å². The van der Waals surface area contributed by atoms with Gasteiger partial charge in [0.25, 0.3) is 0 Å². The van der Waals surface area contributed by atoms with E-state index in [0.29, 0.717) is 6.54 Å². The number of hydrogen-bond acceptors (Lipinski definition) is 5. The zero-order valence-corrected chi connectivity index (χ0v) is 16.5. The van der Waals surface area contributed by atoms with Crippen LogP contribution in [0.3, 0.4) is 0 Å². The Morgan fingerprint density at radius 1 is 1.21 bits per heavy atom. The molecule has 1 atom stereocenters. The maximum atomic E-state index is 12.8. The summed E-state index contributed by atoms with van der Waals surface area (Å²) in [6, 6.07) is 9.92. The van der Waals surface area contributed by atoms with Crippen LogP contribution in [0.4, 0.5) is 10.6 Å². The molecule has 2 aromatic heterocycles. The molecular weight excluding hydrogens is 354 g/mol. The number of aromatic nitrogens is 2. The van der Waals surface area contributed by atoms with Gasteiger partial charge in [0, 0.05) is 37.4 Å². The maximum absolute atomic E-state index is 12.8. The fourth-order valence-electron chi connectivity index (χ4n) is 4.09. The van der Waals surface area contributed by atoms with E-state index < -0.39 is 0 Å². The molecule has 0 bridgehead atoms. The second-order valence-corrected chi connectivity index (χ2v) is 8.04. The van der Waals surface area contributed by atoms with Crippen molar-refractivity contribution < 1.29 is 9.53 Å². The molecule has 4 heterocycles. The summed E-state index contributed by atoms with van der Waals surface area (Å²) in [7, 11) is 0. The molecule has 148 valence electrons. The normalized spacial score (nSPS) is 21.1. The highest BCUT2D eigenvalue weighted by Crippen LogP contribution is 2.48. The highest BCUT2D eigenvalue weighted by molar-refractivity contribution is 5.76. The van der Waals surface area contributed by atoms with E-state index in [2.05, 4.69) is 29.0 Å². The minimum atomic E-state index is -0.0558. The van der Waals surface area contributed by atoms with Gasteiger partial charge in [0.1, 0.15) is 5.82 Å². The van der Waals surface area contributed by atoms with Gasteiger partial charge in [-0.25, -0.2) is 9.78 Å². The quantitative estimate of drug-likeness (QED) is 0.882. The molecule has 7 nitrogen and oxygen atoms in total. The number of nitrogens with zero attached hydrogens (tertiary/aromatic N) is 4. The Labute approximate surface area is 165 Å². The monoisotopic (exact) mass is 381 g/mol. The number of ether oxygens (including phenoxy) is 1. The van der Waals surface area contributed by atoms with Gasteiger partial charge in [0.2, 0.25) is 0 Å². The number of rotatable bonds is 4. The molecule has 2 fully saturated rings. The molecule has 2 aromatic rings. The summed E-state index contributed by atoms with van der Waals surface area (Å²) < 4.78 is 5.40. The van der Waals surface area contributed by atoms with Crippen LogP contribution in [0.1, 0.15) is 31.1 Å². The van der Waals surface area contributed by atoms with Crippen LogP contribution in [0.5, 0.6) is 0 Å². The van der Waals surface area contributed by atoms with Crippen LogP contribution in [-0.4, -0.2) is 53.7 Å². The molecule has 1 unspecified atom stereocenters. The lowest BCUT2D eigenvalue weighted by Gasteiger charge is -2.54. The Bertz CT molecular complexity index is 821. The van der Waals surface area contributed by atoms with Crippen molar-refractivity contribution in [3.63, 3.8) is 0 Å². The van der Waals surface area contributed by atoms with Gasteiger partial charge < -0.3 is 19.9 Å². The zero-order valence-electron chi connectivity index (χ0n) is 16.5. The predicted octanol–water partition coefficient (Wildman–Crippen LogP) is 2.61. The van der Waals surface area contributed by atoms with E-state index in [0.717, 1.165) is 49.9 Å². The first-order valence-electron chi connectivity index (χ1n) is 9.78. The number of morpholine rings is 1. The molecule has 2 saturated heterocycles. The van der Waals surface area contributed by atoms with Crippen molar-refractivity contribution in [2.75, 3.05) is 37.7 Å². The summed E-state index contributed by atoms with van der Waals surface area (Å²) in [5, 5.41) is 3.03. The van der Waals surface area contributed by atoms with Gasteiger partial charge in [-0.2, -0.15) is 0 Å². The van der Waals surface area contributed by atoms with E-state index in [1.54, 1.807) is 12.4 Å². The minimum Gasteiger partial charge on any atom is -0.378 e. The lowest BCUT2D eigenvalue weighted by molar-refractivity contribution is -0.0166. The average molecular weight is 381 g/mol. The van der Waals surface area contributed by atoms with Gasteiger partial charge in [-0.1, -0.05) is 19.9 Å². The van der Waals surface area contributed by atoms with Gasteiger partial charge in [-0.15, -0.1) is 0 Å². The van der Waals surface area contributed by atoms with Crippen molar-refractivity contribution in [3.8, 4) is 0 Å². The molecule has 2 aliphatic rings. The van der Waals surface area contributed by atoms with Crippen LogP contribution in [-0.2, 0) is 11.3 Å². The molecule has 1 N–H and O–H groups in total. The summed E-state index contributed by atoms with van der Waals surface area (Å²) >= 11 is 0. The number of nitrogens with one attached hydrogen (secondary N) is 1. The smallest absolute Gasteiger partial charge is 0.318 e. The number of carbonyl (C=O) groups is 1. The Morgan fingerprint density at radius 2 is 1.96 bits per heavy atom. The number of anilines is 1. The Morgan fingerprint density at radius 3 is 2.68 bits per heavy atom. The fourth-order valence-corrected chi connectivity index (χ4v) is 4.09. The molecule has 0 radical (unpaired) electrons. The van der Waals surface area contributed by atoms with Gasteiger partial charge in [-0.3, -0.25) is 4.98 Å². The first kappa shape index (κ1) is 18.7. The first-order valence-corrected chi connectivity index (χ1v) is 9.78. The second-order valence-electron chi connectivity index (χ2n) is 8.04. The molecular formula is C21H27N5O2. The van der Waals surface area contributed by atoms with Crippen LogP contribution in [0, 0.1) is 5.41 Å². The van der Waals surface area contributed by atoms with E-state index in [-0.39, 0.29) is 17.5 Å². The standard InChI is InChI=1S/C21H27N5O2/c1-21(2)15-26(19(21)16-6-8-22-9-7-16)20(27)23-14-17-4-3-5-18(24-17)25-10-12-28-13-11-25/h3-9,19H,10-15H2,1-2H3,(H,23,27). The first-order chi connectivity index (χ1) is 13.5. The molecule has 0 aromatic carbocycles. The number of amides is 2. The molecule has 0 saturated carbocycles. The minimum absolute atomic E-state index is 0.0488. The van der Waals surface area contributed by atoms with Crippen molar-refractivity contribution in [2.45, 2.75) is 26.4 Å². The van der Waals surface area contributed by atoms with E-state index in [9.17, 15) is 4.79 Å². The SMILES string of the molecule is CC1(C)CN(C(=O)NCc2cccc(N3CCOCC3)n2)C1c1ccncc1. The molecule has 0 spiro atoms. The maximum Gasteiger partial charge on any atom is 0.318 e. The fraction of sp³-hybridized carbons (Fsp3) is 0.476.